The Morgan fingerprint density at radius 3 is 2.75 bits per heavy atom. The van der Waals surface area contributed by atoms with Gasteiger partial charge in [0.2, 0.25) is 0 Å². The average molecular weight is 255 g/mol. The van der Waals surface area contributed by atoms with E-state index in [1.165, 1.54) is 0 Å². The van der Waals surface area contributed by atoms with E-state index in [1.807, 2.05) is 0 Å². The molecule has 0 saturated carbocycles. The number of hydrogen-bond acceptors (Lipinski definition) is 4. The minimum atomic E-state index is -1.11. The summed E-state index contributed by atoms with van der Waals surface area (Å²) in [5.41, 5.74) is 6.08. The van der Waals surface area contributed by atoms with Gasteiger partial charge in [-0.1, -0.05) is 41.1 Å². The lowest BCUT2D eigenvalue weighted by Gasteiger charge is -2.00. The number of nitrogens with zero attached hydrogens (tertiary/aromatic N) is 1. The number of anilines is 1. The molecule has 0 aliphatic heterocycles. The van der Waals surface area contributed by atoms with Gasteiger partial charge in [-0.25, -0.2) is 9.78 Å². The lowest BCUT2D eigenvalue weighted by atomic mass is 10.1. The topological polar surface area (TPSA) is 76.2 Å². The molecule has 0 amide bonds. The average Bonchev–Trinajstić information content (AvgIpc) is 2.61. The first-order valence-electron chi connectivity index (χ1n) is 4.34. The molecule has 2 aromatic rings. The molecule has 3 N–H and O–H groups in total. The van der Waals surface area contributed by atoms with E-state index in [0.717, 1.165) is 11.3 Å². The molecule has 1 aromatic carbocycles. The molecule has 0 unspecified atom stereocenters. The van der Waals surface area contributed by atoms with Crippen molar-refractivity contribution in [2.45, 2.75) is 0 Å². The highest BCUT2D eigenvalue weighted by molar-refractivity contribution is 7.19. The third-order valence-corrected chi connectivity index (χ3v) is 3.21. The first-order chi connectivity index (χ1) is 7.59. The predicted molar refractivity (Wildman–Crippen MR) is 63.9 cm³/mol. The maximum atomic E-state index is 11.0. The molecule has 2 rings (SSSR count). The van der Waals surface area contributed by atoms with E-state index in [1.54, 1.807) is 24.3 Å². The summed E-state index contributed by atoms with van der Waals surface area (Å²) < 4.78 is 0. The van der Waals surface area contributed by atoms with Crippen LogP contribution in [-0.4, -0.2) is 16.1 Å². The summed E-state index contributed by atoms with van der Waals surface area (Å²) in [7, 11) is 0. The van der Waals surface area contributed by atoms with Crippen LogP contribution in [0.25, 0.3) is 10.4 Å². The fourth-order valence-corrected chi connectivity index (χ4v) is 2.46. The van der Waals surface area contributed by atoms with Crippen molar-refractivity contribution in [1.29, 1.82) is 0 Å². The zero-order valence-corrected chi connectivity index (χ0v) is 9.55. The first kappa shape index (κ1) is 10.9. The van der Waals surface area contributed by atoms with Gasteiger partial charge in [-0.15, -0.1) is 0 Å². The van der Waals surface area contributed by atoms with Crippen molar-refractivity contribution < 1.29 is 9.90 Å². The van der Waals surface area contributed by atoms with Gasteiger partial charge in [0.05, 0.1) is 4.88 Å². The summed E-state index contributed by atoms with van der Waals surface area (Å²) in [5.74, 6) is -1.11. The van der Waals surface area contributed by atoms with Crippen LogP contribution in [0.1, 0.15) is 10.5 Å². The van der Waals surface area contributed by atoms with Crippen molar-refractivity contribution >= 4 is 34.0 Å². The van der Waals surface area contributed by atoms with Crippen LogP contribution in [0, 0.1) is 0 Å². The maximum Gasteiger partial charge on any atom is 0.356 e. The van der Waals surface area contributed by atoms with Gasteiger partial charge in [-0.05, 0) is 6.07 Å². The van der Waals surface area contributed by atoms with E-state index in [0.29, 0.717) is 15.5 Å². The van der Waals surface area contributed by atoms with Gasteiger partial charge in [0.1, 0.15) is 0 Å². The summed E-state index contributed by atoms with van der Waals surface area (Å²) in [6, 6.07) is 6.99. The Bertz CT molecular complexity index is 554. The predicted octanol–water partition coefficient (Wildman–Crippen LogP) is 2.74. The van der Waals surface area contributed by atoms with E-state index in [9.17, 15) is 4.79 Å². The van der Waals surface area contributed by atoms with Gasteiger partial charge in [0.25, 0.3) is 0 Å². The van der Waals surface area contributed by atoms with Crippen LogP contribution >= 0.6 is 22.9 Å². The van der Waals surface area contributed by atoms with Gasteiger partial charge >= 0.3 is 5.97 Å². The number of halogens is 1. The van der Waals surface area contributed by atoms with E-state index in [4.69, 9.17) is 22.4 Å². The number of nitrogen functional groups attached to an aromatic ring is 1. The summed E-state index contributed by atoms with van der Waals surface area (Å²) >= 11 is 7.10. The first-order valence-corrected chi connectivity index (χ1v) is 5.53. The van der Waals surface area contributed by atoms with E-state index < -0.39 is 5.97 Å². The minimum Gasteiger partial charge on any atom is -0.476 e. The van der Waals surface area contributed by atoms with Crippen molar-refractivity contribution in [3.63, 3.8) is 0 Å². The Balaban J connectivity index is 2.64. The van der Waals surface area contributed by atoms with Crippen LogP contribution < -0.4 is 5.73 Å². The summed E-state index contributed by atoms with van der Waals surface area (Å²) in [4.78, 5) is 15.2. The van der Waals surface area contributed by atoms with Gasteiger partial charge < -0.3 is 10.8 Å². The lowest BCUT2D eigenvalue weighted by Crippen LogP contribution is -1.99. The summed E-state index contributed by atoms with van der Waals surface area (Å²) in [6.07, 6.45) is 0. The molecule has 0 aliphatic rings. The number of thiazole rings is 1. The largest absolute Gasteiger partial charge is 0.476 e. The fraction of sp³-hybridized carbons (Fsp3) is 0. The van der Waals surface area contributed by atoms with E-state index in [-0.39, 0.29) is 10.8 Å². The molecule has 1 aromatic heterocycles. The Morgan fingerprint density at radius 2 is 2.12 bits per heavy atom. The molecule has 0 bridgehead atoms. The quantitative estimate of drug-likeness (QED) is 0.864. The normalized spacial score (nSPS) is 10.3. The third-order valence-electron chi connectivity index (χ3n) is 1.96. The van der Waals surface area contributed by atoms with Gasteiger partial charge in [0.15, 0.2) is 10.8 Å². The minimum absolute atomic E-state index is 0.0596. The van der Waals surface area contributed by atoms with Crippen molar-refractivity contribution in [2.24, 2.45) is 0 Å². The summed E-state index contributed by atoms with van der Waals surface area (Å²) in [5, 5.41) is 9.67. The number of rotatable bonds is 2. The number of hydrogen-bond donors (Lipinski definition) is 2. The van der Waals surface area contributed by atoms with Crippen LogP contribution in [-0.2, 0) is 0 Å². The highest BCUT2D eigenvalue weighted by Gasteiger charge is 2.19. The van der Waals surface area contributed by atoms with Crippen LogP contribution in [0.15, 0.2) is 24.3 Å². The number of carboxylic acids is 1. The van der Waals surface area contributed by atoms with Gasteiger partial charge in [-0.3, -0.25) is 0 Å². The summed E-state index contributed by atoms with van der Waals surface area (Å²) in [6.45, 7) is 0. The zero-order valence-electron chi connectivity index (χ0n) is 7.98. The molecule has 0 saturated heterocycles. The Kier molecular flexibility index (Phi) is 2.80. The standard InChI is InChI=1S/C10H7ClN2O2S/c11-6-4-2-1-3-5(6)8-7(9(14)15)13-10(12)16-8/h1-4H,(H2,12,13)(H,14,15). The second-order valence-electron chi connectivity index (χ2n) is 3.01. The third kappa shape index (κ3) is 1.87. The smallest absolute Gasteiger partial charge is 0.356 e. The van der Waals surface area contributed by atoms with E-state index >= 15 is 0 Å². The monoisotopic (exact) mass is 254 g/mol. The molecule has 0 aliphatic carbocycles. The highest BCUT2D eigenvalue weighted by atomic mass is 35.5. The van der Waals surface area contributed by atoms with Crippen molar-refractivity contribution in [3.05, 3.63) is 35.0 Å². The number of carbonyl (C=O) groups is 1. The molecule has 16 heavy (non-hydrogen) atoms. The SMILES string of the molecule is Nc1nc(C(=O)O)c(-c2ccccc2Cl)s1. The number of benzene rings is 1. The van der Waals surface area contributed by atoms with Crippen LogP contribution in [0.4, 0.5) is 5.13 Å². The Morgan fingerprint density at radius 1 is 1.44 bits per heavy atom. The van der Waals surface area contributed by atoms with E-state index in [2.05, 4.69) is 4.98 Å². The number of nitrogens with two attached hydrogens (primary N) is 1. The molecule has 0 fully saturated rings. The molecular formula is C10H7ClN2O2S. The maximum absolute atomic E-state index is 11.0. The number of aromatic carboxylic acids is 1. The molecule has 0 atom stereocenters. The van der Waals surface area contributed by atoms with Crippen LogP contribution in [0.3, 0.4) is 0 Å². The molecule has 0 radical (unpaired) electrons. The Hall–Kier alpha value is -1.59. The molecule has 6 heteroatoms. The fourth-order valence-electron chi connectivity index (χ4n) is 1.31. The van der Waals surface area contributed by atoms with Crippen LogP contribution in [0.2, 0.25) is 5.02 Å². The zero-order chi connectivity index (χ0) is 11.7. The molecule has 4 nitrogen and oxygen atoms in total. The number of aromatic nitrogens is 1. The van der Waals surface area contributed by atoms with Crippen molar-refractivity contribution in [3.8, 4) is 10.4 Å². The number of carboxylic acid groups (broad SMARTS) is 1. The van der Waals surface area contributed by atoms with Crippen molar-refractivity contribution in [2.75, 3.05) is 5.73 Å². The van der Waals surface area contributed by atoms with Gasteiger partial charge in [-0.2, -0.15) is 0 Å². The second-order valence-corrected chi connectivity index (χ2v) is 4.45. The molecule has 1 heterocycles. The molecule has 0 spiro atoms. The lowest BCUT2D eigenvalue weighted by molar-refractivity contribution is 0.0692. The molecular weight excluding hydrogens is 248 g/mol. The highest BCUT2D eigenvalue weighted by Crippen LogP contribution is 2.35. The van der Waals surface area contributed by atoms with Crippen molar-refractivity contribution in [1.82, 2.24) is 4.98 Å². The van der Waals surface area contributed by atoms with Gasteiger partial charge in [0, 0.05) is 10.6 Å². The Labute approximate surface area is 100 Å². The van der Waals surface area contributed by atoms with Crippen LogP contribution in [0.5, 0.6) is 0 Å². The molecule has 82 valence electrons. The second kappa shape index (κ2) is 4.11.